The van der Waals surface area contributed by atoms with Gasteiger partial charge >= 0.3 is 0 Å². The van der Waals surface area contributed by atoms with Crippen LogP contribution in [-0.4, -0.2) is 45.1 Å². The molecular formula is C20H26N2O4S. The Balaban J connectivity index is 1.92. The van der Waals surface area contributed by atoms with Crippen LogP contribution >= 0.6 is 0 Å². The van der Waals surface area contributed by atoms with Crippen LogP contribution in [0.3, 0.4) is 0 Å². The highest BCUT2D eigenvalue weighted by atomic mass is 32.2. The first-order valence-electron chi connectivity index (χ1n) is 8.68. The zero-order valence-electron chi connectivity index (χ0n) is 15.9. The third-order valence-corrected chi connectivity index (χ3v) is 5.42. The standard InChI is InChI=1S/C20H26N2O4S/c1-16-5-4-6-18(13-16)14-21-20(23)15-22(27(3,24)25)12-11-17-7-9-19(26-2)10-8-17/h4-10,13H,11-12,14-15H2,1-3H3,(H,21,23). The summed E-state index contributed by atoms with van der Waals surface area (Å²) in [5, 5.41) is 2.78. The third-order valence-electron chi connectivity index (χ3n) is 4.17. The van der Waals surface area contributed by atoms with E-state index in [4.69, 9.17) is 4.74 Å². The molecule has 146 valence electrons. The van der Waals surface area contributed by atoms with Gasteiger partial charge in [-0.05, 0) is 36.6 Å². The van der Waals surface area contributed by atoms with Crippen LogP contribution in [0.5, 0.6) is 5.75 Å². The molecule has 0 radical (unpaired) electrons. The summed E-state index contributed by atoms with van der Waals surface area (Å²) in [6.07, 6.45) is 1.64. The van der Waals surface area contributed by atoms with E-state index in [1.54, 1.807) is 7.11 Å². The average Bonchev–Trinajstić information content (AvgIpc) is 2.63. The zero-order chi connectivity index (χ0) is 19.9. The normalized spacial score (nSPS) is 11.4. The molecule has 2 rings (SSSR count). The second-order valence-electron chi connectivity index (χ2n) is 6.46. The van der Waals surface area contributed by atoms with Gasteiger partial charge in [0.25, 0.3) is 0 Å². The van der Waals surface area contributed by atoms with Gasteiger partial charge in [-0.1, -0.05) is 42.0 Å². The average molecular weight is 391 g/mol. The Bertz CT molecular complexity index is 864. The molecule has 0 aliphatic heterocycles. The number of ether oxygens (including phenoxy) is 1. The van der Waals surface area contributed by atoms with E-state index in [2.05, 4.69) is 5.32 Å². The van der Waals surface area contributed by atoms with Crippen molar-refractivity contribution in [2.45, 2.75) is 19.9 Å². The van der Waals surface area contributed by atoms with E-state index in [-0.39, 0.29) is 19.0 Å². The van der Waals surface area contributed by atoms with Crippen LogP contribution < -0.4 is 10.1 Å². The van der Waals surface area contributed by atoms with Crippen molar-refractivity contribution in [3.8, 4) is 5.75 Å². The van der Waals surface area contributed by atoms with E-state index < -0.39 is 10.0 Å². The van der Waals surface area contributed by atoms with Gasteiger partial charge in [-0.25, -0.2) is 8.42 Å². The first kappa shape index (κ1) is 20.9. The van der Waals surface area contributed by atoms with Crippen molar-refractivity contribution in [2.24, 2.45) is 0 Å². The SMILES string of the molecule is COc1ccc(CCN(CC(=O)NCc2cccc(C)c2)S(C)(=O)=O)cc1. The number of sulfonamides is 1. The predicted octanol–water partition coefficient (Wildman–Crippen LogP) is 2.12. The van der Waals surface area contributed by atoms with Crippen molar-refractivity contribution < 1.29 is 17.9 Å². The Hall–Kier alpha value is -2.38. The molecule has 2 aromatic rings. The summed E-state index contributed by atoms with van der Waals surface area (Å²) in [5.74, 6) is 0.422. The highest BCUT2D eigenvalue weighted by Gasteiger charge is 2.19. The predicted molar refractivity (Wildman–Crippen MR) is 106 cm³/mol. The van der Waals surface area contributed by atoms with Gasteiger partial charge < -0.3 is 10.1 Å². The summed E-state index contributed by atoms with van der Waals surface area (Å²) in [4.78, 5) is 12.2. The molecule has 0 heterocycles. The number of hydrogen-bond acceptors (Lipinski definition) is 4. The molecule has 0 saturated carbocycles. The summed E-state index contributed by atoms with van der Waals surface area (Å²) < 4.78 is 30.4. The molecule has 0 aromatic heterocycles. The largest absolute Gasteiger partial charge is 0.497 e. The van der Waals surface area contributed by atoms with Crippen molar-refractivity contribution in [3.63, 3.8) is 0 Å². The van der Waals surface area contributed by atoms with Crippen LogP contribution in [0, 0.1) is 6.92 Å². The summed E-state index contributed by atoms with van der Waals surface area (Å²) >= 11 is 0. The number of nitrogens with zero attached hydrogens (tertiary/aromatic N) is 1. The van der Waals surface area contributed by atoms with Crippen LogP contribution in [-0.2, 0) is 27.8 Å². The molecule has 0 spiro atoms. The first-order chi connectivity index (χ1) is 12.8. The summed E-state index contributed by atoms with van der Waals surface area (Å²) in [6.45, 7) is 2.40. The van der Waals surface area contributed by atoms with Gasteiger partial charge in [0, 0.05) is 13.1 Å². The van der Waals surface area contributed by atoms with Crippen LogP contribution in [0.25, 0.3) is 0 Å². The van der Waals surface area contributed by atoms with Gasteiger partial charge in [-0.3, -0.25) is 4.79 Å². The molecule has 2 aromatic carbocycles. The molecule has 27 heavy (non-hydrogen) atoms. The van der Waals surface area contributed by atoms with Gasteiger partial charge in [-0.2, -0.15) is 4.31 Å². The lowest BCUT2D eigenvalue weighted by Crippen LogP contribution is -2.41. The van der Waals surface area contributed by atoms with Crippen molar-refractivity contribution >= 4 is 15.9 Å². The van der Waals surface area contributed by atoms with Crippen LogP contribution in [0.4, 0.5) is 0 Å². The fraction of sp³-hybridized carbons (Fsp3) is 0.350. The second-order valence-corrected chi connectivity index (χ2v) is 8.44. The van der Waals surface area contributed by atoms with E-state index in [1.165, 1.54) is 4.31 Å². The molecule has 0 aliphatic rings. The minimum atomic E-state index is -3.48. The van der Waals surface area contributed by atoms with Crippen molar-refractivity contribution in [1.29, 1.82) is 0 Å². The fourth-order valence-electron chi connectivity index (χ4n) is 2.65. The molecule has 7 heteroatoms. The Morgan fingerprint density at radius 2 is 1.81 bits per heavy atom. The summed E-state index contributed by atoms with van der Waals surface area (Å²) in [5.41, 5.74) is 3.07. The van der Waals surface area contributed by atoms with E-state index in [1.807, 2.05) is 55.5 Å². The number of rotatable bonds is 9. The van der Waals surface area contributed by atoms with Crippen LogP contribution in [0.2, 0.25) is 0 Å². The number of carbonyl (C=O) groups excluding carboxylic acids is 1. The van der Waals surface area contributed by atoms with Crippen LogP contribution in [0.1, 0.15) is 16.7 Å². The number of benzene rings is 2. The molecule has 6 nitrogen and oxygen atoms in total. The number of methoxy groups -OCH3 is 1. The number of nitrogens with one attached hydrogen (secondary N) is 1. The molecule has 0 aliphatic carbocycles. The lowest BCUT2D eigenvalue weighted by molar-refractivity contribution is -0.121. The number of hydrogen-bond donors (Lipinski definition) is 1. The van der Waals surface area contributed by atoms with E-state index >= 15 is 0 Å². The maximum absolute atomic E-state index is 12.2. The molecule has 0 saturated heterocycles. The van der Waals surface area contributed by atoms with Gasteiger partial charge in [0.05, 0.1) is 19.9 Å². The third kappa shape index (κ3) is 7.03. The van der Waals surface area contributed by atoms with Gasteiger partial charge in [-0.15, -0.1) is 0 Å². The molecule has 0 atom stereocenters. The minimum absolute atomic E-state index is 0.194. The summed E-state index contributed by atoms with van der Waals surface area (Å²) in [6, 6.07) is 15.2. The molecular weight excluding hydrogens is 364 g/mol. The fourth-order valence-corrected chi connectivity index (χ4v) is 3.42. The smallest absolute Gasteiger partial charge is 0.235 e. The molecule has 1 amide bonds. The number of carbonyl (C=O) groups is 1. The van der Waals surface area contributed by atoms with Crippen LogP contribution in [0.15, 0.2) is 48.5 Å². The molecule has 1 N–H and O–H groups in total. The lowest BCUT2D eigenvalue weighted by Gasteiger charge is -2.19. The highest BCUT2D eigenvalue weighted by molar-refractivity contribution is 7.88. The van der Waals surface area contributed by atoms with Crippen molar-refractivity contribution in [1.82, 2.24) is 9.62 Å². The maximum Gasteiger partial charge on any atom is 0.235 e. The van der Waals surface area contributed by atoms with Gasteiger partial charge in [0.1, 0.15) is 5.75 Å². The molecule has 0 unspecified atom stereocenters. The van der Waals surface area contributed by atoms with Gasteiger partial charge in [0.15, 0.2) is 0 Å². The number of amides is 1. The minimum Gasteiger partial charge on any atom is -0.497 e. The van der Waals surface area contributed by atoms with E-state index in [0.29, 0.717) is 13.0 Å². The topological polar surface area (TPSA) is 75.7 Å². The first-order valence-corrected chi connectivity index (χ1v) is 10.5. The monoisotopic (exact) mass is 390 g/mol. The Labute approximate surface area is 161 Å². The number of aryl methyl sites for hydroxylation is 1. The Kier molecular flexibility index (Phi) is 7.38. The Morgan fingerprint density at radius 3 is 2.41 bits per heavy atom. The second kappa shape index (κ2) is 9.53. The lowest BCUT2D eigenvalue weighted by atomic mass is 10.1. The Morgan fingerprint density at radius 1 is 1.11 bits per heavy atom. The molecule has 0 bridgehead atoms. The zero-order valence-corrected chi connectivity index (χ0v) is 16.8. The molecule has 0 fully saturated rings. The van der Waals surface area contributed by atoms with E-state index in [0.717, 1.165) is 28.7 Å². The highest BCUT2D eigenvalue weighted by Crippen LogP contribution is 2.12. The summed E-state index contributed by atoms with van der Waals surface area (Å²) in [7, 11) is -1.89. The quantitative estimate of drug-likeness (QED) is 0.712. The maximum atomic E-state index is 12.2. The van der Waals surface area contributed by atoms with Crippen molar-refractivity contribution in [2.75, 3.05) is 26.5 Å². The van der Waals surface area contributed by atoms with E-state index in [9.17, 15) is 13.2 Å². The van der Waals surface area contributed by atoms with Gasteiger partial charge in [0.2, 0.25) is 15.9 Å². The van der Waals surface area contributed by atoms with Crippen molar-refractivity contribution in [3.05, 3.63) is 65.2 Å².